The van der Waals surface area contributed by atoms with Gasteiger partial charge in [0.2, 0.25) is 0 Å². The normalized spacial score (nSPS) is 12.0. The fraction of sp³-hybridized carbons (Fsp3) is 0. The van der Waals surface area contributed by atoms with Gasteiger partial charge in [-0.15, -0.1) is 0 Å². The van der Waals surface area contributed by atoms with E-state index in [4.69, 9.17) is 0 Å². The minimum atomic E-state index is 1.20. The number of H-pyrrole nitrogens is 2. The Morgan fingerprint density at radius 2 is 1.33 bits per heavy atom. The van der Waals surface area contributed by atoms with Crippen molar-refractivity contribution in [1.82, 2.24) is 9.97 Å². The van der Waals surface area contributed by atoms with E-state index in [-0.39, 0.29) is 0 Å². The number of para-hydroxylation sites is 2. The van der Waals surface area contributed by atoms with E-state index in [1.807, 2.05) is 0 Å². The van der Waals surface area contributed by atoms with E-state index in [0.717, 1.165) is 0 Å². The fourth-order valence-electron chi connectivity index (χ4n) is 3.26. The lowest BCUT2D eigenvalue weighted by Crippen LogP contribution is -1.78. The summed E-state index contributed by atoms with van der Waals surface area (Å²) < 4.78 is 1.29. The van der Waals surface area contributed by atoms with Crippen molar-refractivity contribution in [3.63, 3.8) is 0 Å². The maximum absolute atomic E-state index is 3.57. The molecule has 0 aliphatic rings. The Balaban J connectivity index is 2.10. The van der Waals surface area contributed by atoms with E-state index in [0.29, 0.717) is 0 Å². The molecule has 5 aromatic rings. The van der Waals surface area contributed by atoms with Crippen LogP contribution >= 0.6 is 22.6 Å². The highest BCUT2D eigenvalue weighted by Crippen LogP contribution is 2.37. The Kier molecular flexibility index (Phi) is 2.22. The maximum Gasteiger partial charge on any atom is 0.0608 e. The summed E-state index contributed by atoms with van der Waals surface area (Å²) in [5, 5.41) is 5.17. The third-order valence-corrected chi connectivity index (χ3v) is 5.29. The number of halogens is 1. The molecule has 0 bridgehead atoms. The third-order valence-electron chi connectivity index (χ3n) is 4.21. The minimum absolute atomic E-state index is 1.20. The largest absolute Gasteiger partial charge is 0.354 e. The first-order valence-electron chi connectivity index (χ1n) is 6.92. The van der Waals surface area contributed by atoms with Gasteiger partial charge in [0.25, 0.3) is 0 Å². The number of fused-ring (bicyclic) bond motifs is 6. The topological polar surface area (TPSA) is 31.6 Å². The van der Waals surface area contributed by atoms with E-state index in [1.165, 1.54) is 47.2 Å². The molecule has 3 aromatic carbocycles. The molecule has 0 unspecified atom stereocenters. The molecular formula is C18H11IN2. The quantitative estimate of drug-likeness (QED) is 0.329. The Morgan fingerprint density at radius 1 is 0.667 bits per heavy atom. The first kappa shape index (κ1) is 11.6. The Bertz CT molecular complexity index is 1140. The number of rotatable bonds is 0. The van der Waals surface area contributed by atoms with E-state index in [9.17, 15) is 0 Å². The molecule has 0 aliphatic heterocycles. The van der Waals surface area contributed by atoms with Gasteiger partial charge < -0.3 is 9.97 Å². The van der Waals surface area contributed by atoms with Gasteiger partial charge in [0.1, 0.15) is 0 Å². The zero-order chi connectivity index (χ0) is 14.0. The van der Waals surface area contributed by atoms with Crippen LogP contribution in [0.15, 0.2) is 54.6 Å². The monoisotopic (exact) mass is 382 g/mol. The SMILES string of the molecule is Ic1c2[nH]c3ccccc3c2cc2[nH]c3ccccc3c12. The molecule has 0 fully saturated rings. The molecule has 0 atom stereocenters. The minimum Gasteiger partial charge on any atom is -0.354 e. The highest BCUT2D eigenvalue weighted by molar-refractivity contribution is 14.1. The molecule has 2 heterocycles. The van der Waals surface area contributed by atoms with Gasteiger partial charge in [-0.05, 0) is 40.8 Å². The zero-order valence-electron chi connectivity index (χ0n) is 11.1. The van der Waals surface area contributed by atoms with Gasteiger partial charge in [0.15, 0.2) is 0 Å². The van der Waals surface area contributed by atoms with Crippen molar-refractivity contribution in [2.24, 2.45) is 0 Å². The van der Waals surface area contributed by atoms with Crippen LogP contribution in [0.2, 0.25) is 0 Å². The summed E-state index contributed by atoms with van der Waals surface area (Å²) >= 11 is 2.46. The van der Waals surface area contributed by atoms with Crippen LogP contribution in [-0.4, -0.2) is 9.97 Å². The van der Waals surface area contributed by atoms with Crippen molar-refractivity contribution < 1.29 is 0 Å². The standard InChI is InChI=1S/C18H11IN2/c19-17-16-11-6-2-4-8-14(11)20-15(16)9-12-10-5-1-3-7-13(10)21-18(12)17/h1-9,20-21H. The van der Waals surface area contributed by atoms with E-state index < -0.39 is 0 Å². The second-order valence-electron chi connectivity index (χ2n) is 5.38. The van der Waals surface area contributed by atoms with Crippen molar-refractivity contribution in [1.29, 1.82) is 0 Å². The summed E-state index contributed by atoms with van der Waals surface area (Å²) in [6.07, 6.45) is 0. The molecule has 2 N–H and O–H groups in total. The van der Waals surface area contributed by atoms with Crippen LogP contribution in [0.4, 0.5) is 0 Å². The molecule has 100 valence electrons. The number of aromatic nitrogens is 2. The van der Waals surface area contributed by atoms with Crippen molar-refractivity contribution in [3.05, 3.63) is 58.2 Å². The summed E-state index contributed by atoms with van der Waals surface area (Å²) in [7, 11) is 0. The van der Waals surface area contributed by atoms with Crippen molar-refractivity contribution in [2.45, 2.75) is 0 Å². The van der Waals surface area contributed by atoms with Crippen LogP contribution in [0, 0.1) is 3.57 Å². The van der Waals surface area contributed by atoms with Crippen molar-refractivity contribution >= 4 is 66.2 Å². The molecule has 0 saturated carbocycles. The highest BCUT2D eigenvalue weighted by atomic mass is 127. The van der Waals surface area contributed by atoms with Crippen LogP contribution in [0.5, 0.6) is 0 Å². The van der Waals surface area contributed by atoms with Crippen LogP contribution < -0.4 is 0 Å². The average Bonchev–Trinajstić information content (AvgIpc) is 3.06. The Labute approximate surface area is 134 Å². The molecule has 5 rings (SSSR count). The molecule has 0 aliphatic carbocycles. The van der Waals surface area contributed by atoms with E-state index >= 15 is 0 Å². The van der Waals surface area contributed by atoms with Crippen LogP contribution in [0.1, 0.15) is 0 Å². The molecule has 0 saturated heterocycles. The zero-order valence-corrected chi connectivity index (χ0v) is 13.2. The summed E-state index contributed by atoms with van der Waals surface area (Å²) in [5.41, 5.74) is 4.83. The second-order valence-corrected chi connectivity index (χ2v) is 6.46. The number of hydrogen-bond donors (Lipinski definition) is 2. The summed E-state index contributed by atoms with van der Waals surface area (Å²) in [6, 6.07) is 19.3. The molecular weight excluding hydrogens is 371 g/mol. The number of aromatic amines is 2. The molecule has 2 aromatic heterocycles. The first-order chi connectivity index (χ1) is 10.3. The lowest BCUT2D eigenvalue weighted by Gasteiger charge is -1.99. The summed E-state index contributed by atoms with van der Waals surface area (Å²) in [4.78, 5) is 7.12. The van der Waals surface area contributed by atoms with Crippen molar-refractivity contribution in [2.75, 3.05) is 0 Å². The number of nitrogens with one attached hydrogen (secondary N) is 2. The van der Waals surface area contributed by atoms with Gasteiger partial charge in [-0.1, -0.05) is 36.4 Å². The van der Waals surface area contributed by atoms with Crippen LogP contribution in [0.3, 0.4) is 0 Å². The molecule has 3 heteroatoms. The van der Waals surface area contributed by atoms with Gasteiger partial charge in [0.05, 0.1) is 5.52 Å². The highest BCUT2D eigenvalue weighted by Gasteiger charge is 2.14. The average molecular weight is 382 g/mol. The van der Waals surface area contributed by atoms with Gasteiger partial charge in [-0.3, -0.25) is 0 Å². The molecule has 21 heavy (non-hydrogen) atoms. The summed E-state index contributed by atoms with van der Waals surface area (Å²) in [6.45, 7) is 0. The van der Waals surface area contributed by atoms with E-state index in [1.54, 1.807) is 0 Å². The predicted octanol–water partition coefficient (Wildman–Crippen LogP) is 5.56. The predicted molar refractivity (Wildman–Crippen MR) is 97.9 cm³/mol. The van der Waals surface area contributed by atoms with Crippen LogP contribution in [-0.2, 0) is 0 Å². The maximum atomic E-state index is 3.57. The molecule has 0 radical (unpaired) electrons. The number of hydrogen-bond acceptors (Lipinski definition) is 0. The summed E-state index contributed by atoms with van der Waals surface area (Å²) in [5.74, 6) is 0. The lowest BCUT2D eigenvalue weighted by atomic mass is 10.1. The molecule has 0 amide bonds. The van der Waals surface area contributed by atoms with Crippen LogP contribution in [0.25, 0.3) is 43.6 Å². The first-order valence-corrected chi connectivity index (χ1v) is 8.00. The lowest BCUT2D eigenvalue weighted by molar-refractivity contribution is 1.53. The molecule has 0 spiro atoms. The van der Waals surface area contributed by atoms with Gasteiger partial charge in [-0.25, -0.2) is 0 Å². The smallest absolute Gasteiger partial charge is 0.0608 e. The Morgan fingerprint density at radius 3 is 2.14 bits per heavy atom. The third kappa shape index (κ3) is 1.47. The van der Waals surface area contributed by atoms with E-state index in [2.05, 4.69) is 87.2 Å². The van der Waals surface area contributed by atoms with Gasteiger partial charge in [0, 0.05) is 41.7 Å². The second kappa shape index (κ2) is 4.01. The van der Waals surface area contributed by atoms with Gasteiger partial charge >= 0.3 is 0 Å². The Hall–Kier alpha value is -2.01. The fourth-order valence-corrected chi connectivity index (χ4v) is 4.27. The van der Waals surface area contributed by atoms with Crippen molar-refractivity contribution in [3.8, 4) is 0 Å². The molecule has 2 nitrogen and oxygen atoms in total. The van der Waals surface area contributed by atoms with Gasteiger partial charge in [-0.2, -0.15) is 0 Å². The number of benzene rings is 3.